The van der Waals surface area contributed by atoms with Crippen LogP contribution in [-0.2, 0) is 6.42 Å². The summed E-state index contributed by atoms with van der Waals surface area (Å²) in [6, 6.07) is 11.6. The molecule has 3 nitrogen and oxygen atoms in total. The van der Waals surface area contributed by atoms with Crippen molar-refractivity contribution in [2.45, 2.75) is 6.42 Å². The normalized spacial score (nSPS) is 13.2. The van der Waals surface area contributed by atoms with E-state index in [2.05, 4.69) is 9.97 Å². The Hall–Kier alpha value is -2.55. The molecule has 0 fully saturated rings. The summed E-state index contributed by atoms with van der Waals surface area (Å²) in [4.78, 5) is 21.3. The van der Waals surface area contributed by atoms with Crippen molar-refractivity contribution < 1.29 is 4.79 Å². The molecule has 19 heavy (non-hydrogen) atoms. The third kappa shape index (κ3) is 1.41. The van der Waals surface area contributed by atoms with Crippen LogP contribution < -0.4 is 0 Å². The molecule has 1 aliphatic heterocycles. The lowest BCUT2D eigenvalue weighted by Crippen LogP contribution is -2.14. The summed E-state index contributed by atoms with van der Waals surface area (Å²) < 4.78 is 0. The number of hydrogen-bond donors (Lipinski definition) is 0. The number of aromatic nitrogens is 2. The van der Waals surface area contributed by atoms with E-state index in [-0.39, 0.29) is 5.78 Å². The van der Waals surface area contributed by atoms with Gasteiger partial charge in [-0.2, -0.15) is 0 Å². The standard InChI is InChI=1S/C16H10N2O/c19-16-12-9-17-7-6-10(12)8-14-15(16)11-4-2-1-3-5-13(11)18-14/h1-7,9H,8H2. The van der Waals surface area contributed by atoms with Crippen LogP contribution in [0.1, 0.15) is 27.2 Å². The van der Waals surface area contributed by atoms with E-state index in [1.54, 1.807) is 12.4 Å². The van der Waals surface area contributed by atoms with E-state index in [0.717, 1.165) is 28.1 Å². The molecule has 3 heteroatoms. The van der Waals surface area contributed by atoms with Gasteiger partial charge in [-0.05, 0) is 17.7 Å². The van der Waals surface area contributed by atoms with Gasteiger partial charge in [-0.3, -0.25) is 14.8 Å². The number of fused-ring (bicyclic) bond motifs is 4. The minimum atomic E-state index is 0.0399. The Morgan fingerprint density at radius 1 is 1.00 bits per heavy atom. The van der Waals surface area contributed by atoms with Crippen LogP contribution in [-0.4, -0.2) is 15.8 Å². The average molecular weight is 246 g/mol. The highest BCUT2D eigenvalue weighted by atomic mass is 16.1. The third-order valence-corrected chi connectivity index (χ3v) is 3.57. The molecule has 90 valence electrons. The van der Waals surface area contributed by atoms with Crippen molar-refractivity contribution in [3.63, 3.8) is 0 Å². The summed E-state index contributed by atoms with van der Waals surface area (Å²) in [5, 5.41) is 0. The van der Waals surface area contributed by atoms with Crippen LogP contribution in [0.2, 0.25) is 0 Å². The second-order valence-electron chi connectivity index (χ2n) is 4.68. The Bertz CT molecular complexity index is 779. The van der Waals surface area contributed by atoms with Gasteiger partial charge in [0.1, 0.15) is 0 Å². The number of pyridine rings is 1. The van der Waals surface area contributed by atoms with Crippen LogP contribution in [0, 0.1) is 0 Å². The first-order valence-electron chi connectivity index (χ1n) is 6.20. The lowest BCUT2D eigenvalue weighted by Gasteiger charge is -2.13. The Kier molecular flexibility index (Phi) is 2.03. The summed E-state index contributed by atoms with van der Waals surface area (Å²) in [7, 11) is 0. The Labute approximate surface area is 110 Å². The maximum atomic E-state index is 12.6. The fraction of sp³-hybridized carbons (Fsp3) is 0.0625. The van der Waals surface area contributed by atoms with Crippen molar-refractivity contribution in [2.24, 2.45) is 0 Å². The van der Waals surface area contributed by atoms with Crippen LogP contribution in [0.5, 0.6) is 0 Å². The van der Waals surface area contributed by atoms with E-state index in [1.807, 2.05) is 36.4 Å². The van der Waals surface area contributed by atoms with E-state index in [9.17, 15) is 4.79 Å². The Morgan fingerprint density at radius 2 is 1.89 bits per heavy atom. The molecule has 2 aliphatic carbocycles. The van der Waals surface area contributed by atoms with Gasteiger partial charge in [0.15, 0.2) is 5.78 Å². The summed E-state index contributed by atoms with van der Waals surface area (Å²) in [6.45, 7) is 0. The Balaban J connectivity index is 2.02. The lowest BCUT2D eigenvalue weighted by atomic mass is 9.88. The minimum Gasteiger partial charge on any atom is -0.288 e. The molecule has 0 atom stereocenters. The molecule has 2 heterocycles. The molecule has 0 spiro atoms. The van der Waals surface area contributed by atoms with E-state index in [1.165, 1.54) is 0 Å². The molecule has 0 saturated carbocycles. The van der Waals surface area contributed by atoms with Gasteiger partial charge in [-0.15, -0.1) is 0 Å². The minimum absolute atomic E-state index is 0.0399. The summed E-state index contributed by atoms with van der Waals surface area (Å²) >= 11 is 0. The monoisotopic (exact) mass is 246 g/mol. The molecule has 0 radical (unpaired) electrons. The van der Waals surface area contributed by atoms with Gasteiger partial charge in [0.05, 0.1) is 17.0 Å². The van der Waals surface area contributed by atoms with Gasteiger partial charge >= 0.3 is 0 Å². The second-order valence-corrected chi connectivity index (χ2v) is 4.68. The highest BCUT2D eigenvalue weighted by Gasteiger charge is 2.29. The maximum absolute atomic E-state index is 12.6. The van der Waals surface area contributed by atoms with Gasteiger partial charge in [-0.25, -0.2) is 0 Å². The molecule has 0 unspecified atom stereocenters. The molecule has 0 N–H and O–H groups in total. The first-order chi connectivity index (χ1) is 9.34. The van der Waals surface area contributed by atoms with Crippen molar-refractivity contribution in [3.8, 4) is 11.3 Å². The van der Waals surface area contributed by atoms with Crippen LogP contribution in [0.4, 0.5) is 0 Å². The second kappa shape index (κ2) is 3.72. The summed E-state index contributed by atoms with van der Waals surface area (Å²) in [6.07, 6.45) is 4.08. The fourth-order valence-corrected chi connectivity index (χ4v) is 2.68. The van der Waals surface area contributed by atoms with Gasteiger partial charge in [-0.1, -0.05) is 24.3 Å². The first kappa shape index (κ1) is 10.4. The Morgan fingerprint density at radius 3 is 2.84 bits per heavy atom. The number of carbonyl (C=O) groups is 1. The number of rotatable bonds is 0. The van der Waals surface area contributed by atoms with Gasteiger partial charge < -0.3 is 0 Å². The zero-order valence-electron chi connectivity index (χ0n) is 10.1. The lowest BCUT2D eigenvalue weighted by molar-refractivity contribution is 0.103. The van der Waals surface area contributed by atoms with E-state index in [4.69, 9.17) is 0 Å². The molecule has 0 bridgehead atoms. The molecule has 3 aliphatic rings. The predicted molar refractivity (Wildman–Crippen MR) is 71.3 cm³/mol. The van der Waals surface area contributed by atoms with Crippen LogP contribution >= 0.6 is 0 Å². The quantitative estimate of drug-likeness (QED) is 0.479. The molecule has 0 saturated heterocycles. The zero-order chi connectivity index (χ0) is 12.8. The van der Waals surface area contributed by atoms with Gasteiger partial charge in [0, 0.05) is 29.9 Å². The highest BCUT2D eigenvalue weighted by Crippen LogP contribution is 2.35. The van der Waals surface area contributed by atoms with Crippen molar-refractivity contribution >= 4 is 5.78 Å². The molecule has 0 amide bonds. The molecular weight excluding hydrogens is 236 g/mol. The van der Waals surface area contributed by atoms with E-state index < -0.39 is 0 Å². The smallest absolute Gasteiger partial charge is 0.197 e. The fourth-order valence-electron chi connectivity index (χ4n) is 2.68. The molecule has 1 aromatic rings. The van der Waals surface area contributed by atoms with E-state index >= 15 is 0 Å². The summed E-state index contributed by atoms with van der Waals surface area (Å²) in [5.74, 6) is 0.0399. The molecule has 0 aromatic carbocycles. The van der Waals surface area contributed by atoms with Crippen molar-refractivity contribution in [1.82, 2.24) is 9.97 Å². The third-order valence-electron chi connectivity index (χ3n) is 3.57. The average Bonchev–Trinajstić information content (AvgIpc) is 2.62. The van der Waals surface area contributed by atoms with Gasteiger partial charge in [0.25, 0.3) is 0 Å². The first-order valence-corrected chi connectivity index (χ1v) is 6.20. The van der Waals surface area contributed by atoms with E-state index in [0.29, 0.717) is 12.0 Å². The van der Waals surface area contributed by atoms with Crippen LogP contribution in [0.25, 0.3) is 11.3 Å². The zero-order valence-corrected chi connectivity index (χ0v) is 10.1. The topological polar surface area (TPSA) is 42.9 Å². The number of carbonyl (C=O) groups excluding carboxylic acids is 1. The molecular formula is C16H10N2O. The number of hydrogen-bond acceptors (Lipinski definition) is 3. The maximum Gasteiger partial charge on any atom is 0.197 e. The molecule has 1 aromatic heterocycles. The van der Waals surface area contributed by atoms with Gasteiger partial charge in [0.2, 0.25) is 0 Å². The molecule has 4 rings (SSSR count). The number of ketones is 1. The van der Waals surface area contributed by atoms with Crippen molar-refractivity contribution in [1.29, 1.82) is 0 Å². The predicted octanol–water partition coefficient (Wildman–Crippen LogP) is 2.72. The number of nitrogens with zero attached hydrogens (tertiary/aromatic N) is 2. The largest absolute Gasteiger partial charge is 0.288 e. The van der Waals surface area contributed by atoms with Crippen LogP contribution in [0.3, 0.4) is 0 Å². The van der Waals surface area contributed by atoms with Crippen molar-refractivity contribution in [2.75, 3.05) is 0 Å². The summed E-state index contributed by atoms with van der Waals surface area (Å²) in [5.41, 5.74) is 5.15. The highest BCUT2D eigenvalue weighted by molar-refractivity contribution is 6.15. The SMILES string of the molecule is O=C1c2cnccc2Cc2nc3cccccc-3c21. The van der Waals surface area contributed by atoms with Crippen LogP contribution in [0.15, 0.2) is 48.8 Å². The van der Waals surface area contributed by atoms with Crippen molar-refractivity contribution in [3.05, 3.63) is 71.2 Å².